The zero-order valence-electron chi connectivity index (χ0n) is 40.9. The van der Waals surface area contributed by atoms with E-state index in [9.17, 15) is 14.4 Å². The maximum atomic E-state index is 12.8. The Morgan fingerprint density at radius 3 is 0.935 bits per heavy atom. The van der Waals surface area contributed by atoms with Crippen LogP contribution in [0.5, 0.6) is 0 Å². The van der Waals surface area contributed by atoms with E-state index >= 15 is 0 Å². The van der Waals surface area contributed by atoms with Crippen molar-refractivity contribution in [3.05, 3.63) is 60.8 Å². The molecule has 0 aliphatic rings. The lowest BCUT2D eigenvalue weighted by Gasteiger charge is -2.18. The number of allylic oxidation sites excluding steroid dienone is 10. The van der Waals surface area contributed by atoms with Crippen molar-refractivity contribution in [1.82, 2.24) is 0 Å². The van der Waals surface area contributed by atoms with Crippen LogP contribution in [0.4, 0.5) is 0 Å². The molecule has 0 rings (SSSR count). The van der Waals surface area contributed by atoms with Crippen LogP contribution >= 0.6 is 0 Å². The summed E-state index contributed by atoms with van der Waals surface area (Å²) in [6, 6.07) is 0. The van der Waals surface area contributed by atoms with Crippen LogP contribution in [0.1, 0.15) is 258 Å². The molecule has 62 heavy (non-hydrogen) atoms. The van der Waals surface area contributed by atoms with Gasteiger partial charge in [-0.2, -0.15) is 0 Å². The average molecular weight is 867 g/mol. The summed E-state index contributed by atoms with van der Waals surface area (Å²) < 4.78 is 16.8. The largest absolute Gasteiger partial charge is 0.462 e. The summed E-state index contributed by atoms with van der Waals surface area (Å²) in [5.74, 6) is -0.917. The molecule has 0 saturated carbocycles. The highest BCUT2D eigenvalue weighted by atomic mass is 16.6. The molecule has 1 atom stereocenters. The molecule has 6 nitrogen and oxygen atoms in total. The fourth-order valence-corrected chi connectivity index (χ4v) is 7.24. The molecule has 0 aliphatic heterocycles. The molecule has 0 spiro atoms. The van der Waals surface area contributed by atoms with E-state index in [1.807, 2.05) is 0 Å². The first-order valence-corrected chi connectivity index (χ1v) is 26.3. The SMILES string of the molecule is CCCCC/C=C\C/C=C\C/C=C\CCCCCCC(=O)O[C@H](COC(=O)CCCCCCC/C=C\C/C=C\CCCCC)COC(=O)CCCCCCCCCCCCCC. The van der Waals surface area contributed by atoms with Crippen molar-refractivity contribution in [2.75, 3.05) is 13.2 Å². The van der Waals surface area contributed by atoms with Gasteiger partial charge in [-0.3, -0.25) is 14.4 Å². The highest BCUT2D eigenvalue weighted by Gasteiger charge is 2.19. The minimum Gasteiger partial charge on any atom is -0.462 e. The van der Waals surface area contributed by atoms with Crippen molar-refractivity contribution in [1.29, 1.82) is 0 Å². The Bertz CT molecular complexity index is 1130. The molecule has 0 unspecified atom stereocenters. The predicted octanol–water partition coefficient (Wildman–Crippen LogP) is 17.3. The number of hydrogen-bond acceptors (Lipinski definition) is 6. The van der Waals surface area contributed by atoms with Gasteiger partial charge >= 0.3 is 17.9 Å². The molecule has 0 fully saturated rings. The third kappa shape index (κ3) is 48.1. The first kappa shape index (κ1) is 59.1. The zero-order valence-corrected chi connectivity index (χ0v) is 40.9. The average Bonchev–Trinajstić information content (AvgIpc) is 3.27. The molecular weight excluding hydrogens is 769 g/mol. The second-order valence-corrected chi connectivity index (χ2v) is 17.4. The van der Waals surface area contributed by atoms with Crippen molar-refractivity contribution in [2.45, 2.75) is 264 Å². The first-order valence-electron chi connectivity index (χ1n) is 26.3. The smallest absolute Gasteiger partial charge is 0.306 e. The Kier molecular flexibility index (Phi) is 48.4. The fraction of sp³-hybridized carbons (Fsp3) is 0.768. The lowest BCUT2D eigenvalue weighted by atomic mass is 10.0. The van der Waals surface area contributed by atoms with Crippen LogP contribution in [0.3, 0.4) is 0 Å². The molecule has 0 aromatic carbocycles. The zero-order chi connectivity index (χ0) is 45.1. The van der Waals surface area contributed by atoms with E-state index in [1.165, 1.54) is 116 Å². The highest BCUT2D eigenvalue weighted by molar-refractivity contribution is 5.71. The Labute approximate surface area is 383 Å². The molecule has 0 N–H and O–H groups in total. The highest BCUT2D eigenvalue weighted by Crippen LogP contribution is 2.14. The van der Waals surface area contributed by atoms with E-state index in [-0.39, 0.29) is 31.1 Å². The van der Waals surface area contributed by atoms with Gasteiger partial charge in [0, 0.05) is 19.3 Å². The standard InChI is InChI=1S/C56H98O6/c1-4-7-10-13-16-19-22-25-27-28-30-32-35-38-41-44-47-50-56(59)62-53(51-60-54(57)48-45-42-39-36-33-24-21-18-15-12-9-6-3)52-61-55(58)49-46-43-40-37-34-31-29-26-23-20-17-14-11-8-5-2/h16-17,19-20,25-27,29-30,32,53H,4-15,18,21-24,28,31,33-52H2,1-3H3/b19-16-,20-17-,27-25-,29-26-,32-30-/t53-/m0/s1. The number of carbonyl (C=O) groups excluding carboxylic acids is 3. The number of esters is 3. The van der Waals surface area contributed by atoms with Gasteiger partial charge in [-0.15, -0.1) is 0 Å². The van der Waals surface area contributed by atoms with Gasteiger partial charge in [0.05, 0.1) is 0 Å². The van der Waals surface area contributed by atoms with Crippen molar-refractivity contribution in [3.63, 3.8) is 0 Å². The van der Waals surface area contributed by atoms with Crippen LogP contribution in [0.2, 0.25) is 0 Å². The van der Waals surface area contributed by atoms with E-state index in [0.29, 0.717) is 19.3 Å². The Morgan fingerprint density at radius 2 is 0.581 bits per heavy atom. The number of carbonyl (C=O) groups is 3. The van der Waals surface area contributed by atoms with E-state index < -0.39 is 6.10 Å². The summed E-state index contributed by atoms with van der Waals surface area (Å²) in [7, 11) is 0. The van der Waals surface area contributed by atoms with Crippen LogP contribution in [0.25, 0.3) is 0 Å². The minimum absolute atomic E-state index is 0.0862. The first-order chi connectivity index (χ1) is 30.5. The minimum atomic E-state index is -0.789. The fourth-order valence-electron chi connectivity index (χ4n) is 7.24. The normalized spacial score (nSPS) is 12.5. The molecule has 0 aliphatic carbocycles. The second kappa shape index (κ2) is 50.8. The van der Waals surface area contributed by atoms with Crippen LogP contribution < -0.4 is 0 Å². The lowest BCUT2D eigenvalue weighted by molar-refractivity contribution is -0.167. The monoisotopic (exact) mass is 867 g/mol. The quantitative estimate of drug-likeness (QED) is 0.0262. The second-order valence-electron chi connectivity index (χ2n) is 17.4. The summed E-state index contributed by atoms with van der Waals surface area (Å²) in [6.07, 6.45) is 61.9. The van der Waals surface area contributed by atoms with Gasteiger partial charge in [0.25, 0.3) is 0 Å². The van der Waals surface area contributed by atoms with Crippen molar-refractivity contribution in [2.24, 2.45) is 0 Å². The summed E-state index contributed by atoms with van der Waals surface area (Å²) in [5.41, 5.74) is 0. The molecular formula is C56H98O6. The number of ether oxygens (including phenoxy) is 3. The van der Waals surface area contributed by atoms with Crippen molar-refractivity contribution >= 4 is 17.9 Å². The summed E-state index contributed by atoms with van der Waals surface area (Å²) in [5, 5.41) is 0. The van der Waals surface area contributed by atoms with Crippen molar-refractivity contribution in [3.8, 4) is 0 Å². The molecule has 0 aromatic rings. The molecule has 0 heterocycles. The van der Waals surface area contributed by atoms with Gasteiger partial charge < -0.3 is 14.2 Å². The van der Waals surface area contributed by atoms with Gasteiger partial charge in [0.15, 0.2) is 6.10 Å². The summed E-state index contributed by atoms with van der Waals surface area (Å²) in [6.45, 7) is 6.56. The number of unbranched alkanes of at least 4 members (excludes halogenated alkanes) is 26. The van der Waals surface area contributed by atoms with Gasteiger partial charge in [-0.1, -0.05) is 210 Å². The van der Waals surface area contributed by atoms with Crippen LogP contribution in [0.15, 0.2) is 60.8 Å². The van der Waals surface area contributed by atoms with Gasteiger partial charge in [0.1, 0.15) is 13.2 Å². The Balaban J connectivity index is 4.44. The van der Waals surface area contributed by atoms with Crippen molar-refractivity contribution < 1.29 is 28.6 Å². The van der Waals surface area contributed by atoms with Gasteiger partial charge in [-0.05, 0) is 89.9 Å². The van der Waals surface area contributed by atoms with Gasteiger partial charge in [-0.25, -0.2) is 0 Å². The molecule has 358 valence electrons. The van der Waals surface area contributed by atoms with Crippen LogP contribution in [0, 0.1) is 0 Å². The molecule has 0 aromatic heterocycles. The number of hydrogen-bond donors (Lipinski definition) is 0. The Morgan fingerprint density at radius 1 is 0.323 bits per heavy atom. The number of rotatable bonds is 47. The maximum absolute atomic E-state index is 12.8. The third-order valence-corrected chi connectivity index (χ3v) is 11.2. The molecule has 0 amide bonds. The van der Waals surface area contributed by atoms with E-state index in [2.05, 4.69) is 81.5 Å². The lowest BCUT2D eigenvalue weighted by Crippen LogP contribution is -2.30. The molecule has 6 heteroatoms. The summed E-state index contributed by atoms with van der Waals surface area (Å²) in [4.78, 5) is 38.0. The maximum Gasteiger partial charge on any atom is 0.306 e. The summed E-state index contributed by atoms with van der Waals surface area (Å²) >= 11 is 0. The van der Waals surface area contributed by atoms with Crippen LogP contribution in [-0.4, -0.2) is 37.2 Å². The topological polar surface area (TPSA) is 78.9 Å². The molecule has 0 saturated heterocycles. The predicted molar refractivity (Wildman–Crippen MR) is 265 cm³/mol. The van der Waals surface area contributed by atoms with E-state index in [4.69, 9.17) is 14.2 Å². The molecule has 0 bridgehead atoms. The third-order valence-electron chi connectivity index (χ3n) is 11.2. The molecule has 0 radical (unpaired) electrons. The van der Waals surface area contributed by atoms with Gasteiger partial charge in [0.2, 0.25) is 0 Å². The van der Waals surface area contributed by atoms with Crippen LogP contribution in [-0.2, 0) is 28.6 Å². The van der Waals surface area contributed by atoms with E-state index in [1.54, 1.807) is 0 Å². The Hall–Kier alpha value is -2.89. The van der Waals surface area contributed by atoms with E-state index in [0.717, 1.165) is 103 Å².